The van der Waals surface area contributed by atoms with Crippen molar-refractivity contribution in [1.82, 2.24) is 5.32 Å². The average molecular weight is 171 g/mol. The Morgan fingerprint density at radius 2 is 2.00 bits per heavy atom. The zero-order valence-corrected chi connectivity index (χ0v) is 8.52. The highest BCUT2D eigenvalue weighted by Gasteiger charge is 2.09. The van der Waals surface area contributed by atoms with Crippen molar-refractivity contribution in [3.8, 4) is 0 Å². The minimum absolute atomic E-state index is 0.236. The first-order chi connectivity index (χ1) is 5.72. The van der Waals surface area contributed by atoms with Crippen LogP contribution >= 0.6 is 0 Å². The zero-order valence-electron chi connectivity index (χ0n) is 8.52. The van der Waals surface area contributed by atoms with Gasteiger partial charge in [0.05, 0.1) is 6.54 Å². The van der Waals surface area contributed by atoms with Gasteiger partial charge in [0.15, 0.2) is 0 Å². The number of carbonyl (C=O) groups excluding carboxylic acids is 1. The summed E-state index contributed by atoms with van der Waals surface area (Å²) in [4.78, 5) is 11.3. The summed E-state index contributed by atoms with van der Waals surface area (Å²) < 4.78 is 0. The topological polar surface area (TPSA) is 29.1 Å². The SMILES string of the molecule is CCCNCC(=O)C(C)CCC. The van der Waals surface area contributed by atoms with Gasteiger partial charge in [0.1, 0.15) is 5.78 Å². The second-order valence-electron chi connectivity index (χ2n) is 3.33. The van der Waals surface area contributed by atoms with Gasteiger partial charge in [-0.25, -0.2) is 0 Å². The van der Waals surface area contributed by atoms with Gasteiger partial charge < -0.3 is 5.32 Å². The van der Waals surface area contributed by atoms with Gasteiger partial charge in [0, 0.05) is 5.92 Å². The predicted octanol–water partition coefficient (Wildman–Crippen LogP) is 1.99. The van der Waals surface area contributed by atoms with Gasteiger partial charge >= 0.3 is 0 Å². The Hall–Kier alpha value is -0.370. The Bertz CT molecular complexity index is 123. The minimum atomic E-state index is 0.236. The first kappa shape index (κ1) is 11.6. The van der Waals surface area contributed by atoms with Gasteiger partial charge in [-0.2, -0.15) is 0 Å². The van der Waals surface area contributed by atoms with Crippen molar-refractivity contribution in [1.29, 1.82) is 0 Å². The van der Waals surface area contributed by atoms with E-state index < -0.39 is 0 Å². The van der Waals surface area contributed by atoms with E-state index in [1.54, 1.807) is 0 Å². The van der Waals surface area contributed by atoms with E-state index >= 15 is 0 Å². The highest BCUT2D eigenvalue weighted by atomic mass is 16.1. The van der Waals surface area contributed by atoms with Crippen LogP contribution < -0.4 is 5.32 Å². The van der Waals surface area contributed by atoms with Crippen molar-refractivity contribution in [2.45, 2.75) is 40.0 Å². The predicted molar refractivity (Wildman–Crippen MR) is 52.2 cm³/mol. The lowest BCUT2D eigenvalue weighted by atomic mass is 10.0. The van der Waals surface area contributed by atoms with Crippen LogP contribution in [0, 0.1) is 5.92 Å². The fraction of sp³-hybridized carbons (Fsp3) is 0.900. The second-order valence-corrected chi connectivity index (χ2v) is 3.33. The molecule has 1 N–H and O–H groups in total. The number of hydrogen-bond donors (Lipinski definition) is 1. The molecule has 0 spiro atoms. The third kappa shape index (κ3) is 5.30. The molecule has 0 aromatic carbocycles. The standard InChI is InChI=1S/C10H21NO/c1-4-6-9(3)10(12)8-11-7-5-2/h9,11H,4-8H2,1-3H3. The maximum absolute atomic E-state index is 11.3. The van der Waals surface area contributed by atoms with Crippen molar-refractivity contribution in [2.75, 3.05) is 13.1 Å². The number of hydrogen-bond acceptors (Lipinski definition) is 2. The van der Waals surface area contributed by atoms with E-state index in [1.807, 2.05) is 6.92 Å². The molecule has 0 aliphatic heterocycles. The van der Waals surface area contributed by atoms with Crippen LogP contribution in [0.25, 0.3) is 0 Å². The largest absolute Gasteiger partial charge is 0.310 e. The lowest BCUT2D eigenvalue weighted by molar-refractivity contribution is -0.121. The summed E-state index contributed by atoms with van der Waals surface area (Å²) in [6.45, 7) is 7.73. The zero-order chi connectivity index (χ0) is 9.40. The van der Waals surface area contributed by atoms with E-state index in [-0.39, 0.29) is 5.92 Å². The molecular weight excluding hydrogens is 150 g/mol. The van der Waals surface area contributed by atoms with Crippen LogP contribution in [0.5, 0.6) is 0 Å². The molecule has 72 valence electrons. The Morgan fingerprint density at radius 1 is 1.33 bits per heavy atom. The van der Waals surface area contributed by atoms with Crippen LogP contribution in [0.1, 0.15) is 40.0 Å². The second kappa shape index (κ2) is 7.29. The number of carbonyl (C=O) groups is 1. The lowest BCUT2D eigenvalue weighted by Gasteiger charge is -2.08. The van der Waals surface area contributed by atoms with Crippen LogP contribution in [-0.2, 0) is 4.79 Å². The van der Waals surface area contributed by atoms with Gasteiger partial charge in [-0.1, -0.05) is 27.2 Å². The number of Topliss-reactive ketones (excluding diaryl/α,β-unsaturated/α-hetero) is 1. The molecule has 0 aliphatic carbocycles. The quantitative estimate of drug-likeness (QED) is 0.593. The van der Waals surface area contributed by atoms with Crippen molar-refractivity contribution in [3.05, 3.63) is 0 Å². The first-order valence-electron chi connectivity index (χ1n) is 4.95. The van der Waals surface area contributed by atoms with Crippen molar-refractivity contribution in [3.63, 3.8) is 0 Å². The molecule has 1 unspecified atom stereocenters. The average Bonchev–Trinajstić information content (AvgIpc) is 2.05. The molecule has 0 radical (unpaired) electrons. The molecule has 0 saturated carbocycles. The highest BCUT2D eigenvalue weighted by molar-refractivity contribution is 5.82. The van der Waals surface area contributed by atoms with Crippen LogP contribution in [-0.4, -0.2) is 18.9 Å². The van der Waals surface area contributed by atoms with Crippen molar-refractivity contribution in [2.24, 2.45) is 5.92 Å². The highest BCUT2D eigenvalue weighted by Crippen LogP contribution is 2.05. The normalized spacial score (nSPS) is 12.9. The van der Waals surface area contributed by atoms with Crippen LogP contribution in [0.15, 0.2) is 0 Å². The molecule has 0 heterocycles. The number of nitrogens with one attached hydrogen (secondary N) is 1. The van der Waals surface area contributed by atoms with E-state index in [2.05, 4.69) is 19.2 Å². The molecule has 0 fully saturated rings. The third-order valence-corrected chi connectivity index (χ3v) is 2.00. The molecule has 0 aliphatic rings. The van der Waals surface area contributed by atoms with Crippen molar-refractivity contribution < 1.29 is 4.79 Å². The van der Waals surface area contributed by atoms with E-state index in [0.717, 1.165) is 25.8 Å². The van der Waals surface area contributed by atoms with E-state index in [0.29, 0.717) is 12.3 Å². The van der Waals surface area contributed by atoms with Gasteiger partial charge in [-0.05, 0) is 19.4 Å². The molecule has 0 aromatic rings. The molecule has 0 saturated heterocycles. The van der Waals surface area contributed by atoms with Gasteiger partial charge in [0.2, 0.25) is 0 Å². The monoisotopic (exact) mass is 171 g/mol. The summed E-state index contributed by atoms with van der Waals surface area (Å²) in [7, 11) is 0. The van der Waals surface area contributed by atoms with E-state index in [1.165, 1.54) is 0 Å². The van der Waals surface area contributed by atoms with Crippen LogP contribution in [0.4, 0.5) is 0 Å². The molecule has 2 nitrogen and oxygen atoms in total. The van der Waals surface area contributed by atoms with Gasteiger partial charge in [0.25, 0.3) is 0 Å². The lowest BCUT2D eigenvalue weighted by Crippen LogP contribution is -2.27. The Balaban J connectivity index is 3.43. The molecule has 12 heavy (non-hydrogen) atoms. The molecular formula is C10H21NO. The Morgan fingerprint density at radius 3 is 2.50 bits per heavy atom. The summed E-state index contributed by atoms with van der Waals surface area (Å²) in [6.07, 6.45) is 3.21. The molecule has 1 atom stereocenters. The minimum Gasteiger partial charge on any atom is -0.310 e. The number of ketones is 1. The molecule has 0 rings (SSSR count). The summed E-state index contributed by atoms with van der Waals surface area (Å²) >= 11 is 0. The van der Waals surface area contributed by atoms with E-state index in [4.69, 9.17) is 0 Å². The Kier molecular flexibility index (Phi) is 7.06. The van der Waals surface area contributed by atoms with Gasteiger partial charge in [-0.15, -0.1) is 0 Å². The number of rotatable bonds is 7. The van der Waals surface area contributed by atoms with Crippen LogP contribution in [0.3, 0.4) is 0 Å². The Labute approximate surface area is 75.7 Å². The molecule has 0 amide bonds. The summed E-state index contributed by atoms with van der Waals surface area (Å²) in [5.41, 5.74) is 0. The molecule has 2 heteroatoms. The van der Waals surface area contributed by atoms with Gasteiger partial charge in [-0.3, -0.25) is 4.79 Å². The van der Waals surface area contributed by atoms with Crippen LogP contribution in [0.2, 0.25) is 0 Å². The first-order valence-corrected chi connectivity index (χ1v) is 4.95. The van der Waals surface area contributed by atoms with E-state index in [9.17, 15) is 4.79 Å². The smallest absolute Gasteiger partial charge is 0.149 e. The summed E-state index contributed by atoms with van der Waals surface area (Å²) in [6, 6.07) is 0. The summed E-state index contributed by atoms with van der Waals surface area (Å²) in [5, 5.41) is 3.12. The third-order valence-electron chi connectivity index (χ3n) is 2.00. The maximum atomic E-state index is 11.3. The fourth-order valence-corrected chi connectivity index (χ4v) is 1.16. The molecule has 0 aromatic heterocycles. The fourth-order valence-electron chi connectivity index (χ4n) is 1.16. The maximum Gasteiger partial charge on any atom is 0.149 e. The molecule has 0 bridgehead atoms. The van der Waals surface area contributed by atoms with Crippen molar-refractivity contribution >= 4 is 5.78 Å². The summed E-state index contributed by atoms with van der Waals surface area (Å²) in [5.74, 6) is 0.588.